The molecule has 0 amide bonds. The van der Waals surface area contributed by atoms with Crippen LogP contribution in [0, 0.1) is 12.3 Å². The van der Waals surface area contributed by atoms with E-state index in [1.54, 1.807) is 6.07 Å². The minimum atomic E-state index is 0.341. The van der Waals surface area contributed by atoms with Crippen molar-refractivity contribution in [3.8, 4) is 29.6 Å². The first kappa shape index (κ1) is 11.5. The van der Waals surface area contributed by atoms with Gasteiger partial charge in [0, 0.05) is 6.07 Å². The zero-order chi connectivity index (χ0) is 11.4. The average Bonchev–Trinajstić information content (AvgIpc) is 2.28. The summed E-state index contributed by atoms with van der Waals surface area (Å²) in [5.74, 6) is 3.81. The Labute approximate surface area is 93.9 Å². The Bertz CT molecular complexity index is 407. The standard InChI is InChI=1S/C11H11ClO3/c1-5-7-8(13-2)6-9(14-3)10(12)11(7)15-4/h1,6H,2-4H3. The number of hydrogen-bond donors (Lipinski definition) is 0. The zero-order valence-corrected chi connectivity index (χ0v) is 9.51. The van der Waals surface area contributed by atoms with Crippen LogP contribution in [0.25, 0.3) is 0 Å². The molecular weight excluding hydrogens is 216 g/mol. The summed E-state index contributed by atoms with van der Waals surface area (Å²) in [6, 6.07) is 1.63. The van der Waals surface area contributed by atoms with E-state index < -0.39 is 0 Å². The van der Waals surface area contributed by atoms with Crippen molar-refractivity contribution in [2.45, 2.75) is 0 Å². The Morgan fingerprint density at radius 1 is 1.13 bits per heavy atom. The van der Waals surface area contributed by atoms with E-state index in [9.17, 15) is 0 Å². The molecule has 1 aromatic carbocycles. The highest BCUT2D eigenvalue weighted by Gasteiger charge is 2.17. The first-order valence-corrected chi connectivity index (χ1v) is 4.52. The summed E-state index contributed by atoms with van der Waals surface area (Å²) in [7, 11) is 4.51. The van der Waals surface area contributed by atoms with E-state index in [-0.39, 0.29) is 0 Å². The number of benzene rings is 1. The van der Waals surface area contributed by atoms with Crippen LogP contribution in [0.15, 0.2) is 6.07 Å². The summed E-state index contributed by atoms with van der Waals surface area (Å²) in [6.45, 7) is 0. The van der Waals surface area contributed by atoms with Crippen molar-refractivity contribution in [3.63, 3.8) is 0 Å². The van der Waals surface area contributed by atoms with Gasteiger partial charge in [0.1, 0.15) is 22.1 Å². The third kappa shape index (κ3) is 1.95. The Balaban J connectivity index is 3.52. The van der Waals surface area contributed by atoms with Gasteiger partial charge in [-0.25, -0.2) is 0 Å². The predicted octanol–water partition coefficient (Wildman–Crippen LogP) is 2.35. The third-order valence-electron chi connectivity index (χ3n) is 1.94. The molecule has 15 heavy (non-hydrogen) atoms. The van der Waals surface area contributed by atoms with Crippen molar-refractivity contribution in [1.29, 1.82) is 0 Å². The summed E-state index contributed by atoms with van der Waals surface area (Å²) >= 11 is 6.02. The fraction of sp³-hybridized carbons (Fsp3) is 0.273. The number of ether oxygens (including phenoxy) is 3. The number of rotatable bonds is 3. The van der Waals surface area contributed by atoms with E-state index in [1.807, 2.05) is 0 Å². The molecule has 0 unspecified atom stereocenters. The molecule has 0 N–H and O–H groups in total. The molecule has 0 radical (unpaired) electrons. The molecule has 0 bridgehead atoms. The van der Waals surface area contributed by atoms with E-state index in [0.717, 1.165) is 0 Å². The van der Waals surface area contributed by atoms with Gasteiger partial charge in [-0.3, -0.25) is 0 Å². The first-order chi connectivity index (χ1) is 7.19. The molecular formula is C11H11ClO3. The number of halogens is 1. The molecule has 0 saturated heterocycles. The summed E-state index contributed by atoms with van der Waals surface area (Å²) in [5.41, 5.74) is 0.478. The van der Waals surface area contributed by atoms with Crippen LogP contribution >= 0.6 is 11.6 Å². The fourth-order valence-corrected chi connectivity index (χ4v) is 1.53. The van der Waals surface area contributed by atoms with Crippen LogP contribution < -0.4 is 14.2 Å². The van der Waals surface area contributed by atoms with Gasteiger partial charge in [-0.15, -0.1) is 6.42 Å². The lowest BCUT2D eigenvalue weighted by Crippen LogP contribution is -1.96. The topological polar surface area (TPSA) is 27.7 Å². The predicted molar refractivity (Wildman–Crippen MR) is 59.0 cm³/mol. The van der Waals surface area contributed by atoms with Gasteiger partial charge in [-0.2, -0.15) is 0 Å². The Morgan fingerprint density at radius 3 is 2.13 bits per heavy atom. The smallest absolute Gasteiger partial charge is 0.160 e. The van der Waals surface area contributed by atoms with E-state index >= 15 is 0 Å². The maximum Gasteiger partial charge on any atom is 0.160 e. The van der Waals surface area contributed by atoms with Crippen LogP contribution in [0.2, 0.25) is 5.02 Å². The Hall–Kier alpha value is -1.53. The van der Waals surface area contributed by atoms with E-state index in [0.29, 0.717) is 27.8 Å². The maximum atomic E-state index is 6.02. The average molecular weight is 227 g/mol. The van der Waals surface area contributed by atoms with E-state index in [1.165, 1.54) is 21.3 Å². The molecule has 0 atom stereocenters. The summed E-state index contributed by atoms with van der Waals surface area (Å²) < 4.78 is 15.3. The van der Waals surface area contributed by atoms with Gasteiger partial charge in [0.2, 0.25) is 0 Å². The minimum Gasteiger partial charge on any atom is -0.495 e. The molecule has 0 aliphatic heterocycles. The molecule has 80 valence electrons. The Morgan fingerprint density at radius 2 is 1.73 bits per heavy atom. The lowest BCUT2D eigenvalue weighted by Gasteiger charge is -2.13. The van der Waals surface area contributed by atoms with Crippen molar-refractivity contribution in [1.82, 2.24) is 0 Å². The highest BCUT2D eigenvalue weighted by molar-refractivity contribution is 6.33. The quantitative estimate of drug-likeness (QED) is 0.741. The second-order valence-corrected chi connectivity index (χ2v) is 3.03. The van der Waals surface area contributed by atoms with Crippen molar-refractivity contribution in [2.24, 2.45) is 0 Å². The van der Waals surface area contributed by atoms with Crippen molar-refractivity contribution in [2.75, 3.05) is 21.3 Å². The number of terminal acetylenes is 1. The van der Waals surface area contributed by atoms with Gasteiger partial charge in [0.25, 0.3) is 0 Å². The van der Waals surface area contributed by atoms with Gasteiger partial charge in [-0.1, -0.05) is 17.5 Å². The minimum absolute atomic E-state index is 0.341. The van der Waals surface area contributed by atoms with Crippen LogP contribution in [0.1, 0.15) is 5.56 Å². The van der Waals surface area contributed by atoms with Gasteiger partial charge < -0.3 is 14.2 Å². The fourth-order valence-electron chi connectivity index (χ4n) is 1.23. The van der Waals surface area contributed by atoms with Gasteiger partial charge in [0.15, 0.2) is 5.75 Å². The SMILES string of the molecule is C#Cc1c(OC)cc(OC)c(Cl)c1OC. The molecule has 0 saturated carbocycles. The lowest BCUT2D eigenvalue weighted by molar-refractivity contribution is 0.374. The molecule has 0 aliphatic carbocycles. The highest BCUT2D eigenvalue weighted by atomic mass is 35.5. The van der Waals surface area contributed by atoms with Crippen LogP contribution in [-0.2, 0) is 0 Å². The van der Waals surface area contributed by atoms with Crippen LogP contribution in [0.3, 0.4) is 0 Å². The van der Waals surface area contributed by atoms with Crippen molar-refractivity contribution in [3.05, 3.63) is 16.7 Å². The summed E-state index contributed by atoms with van der Waals surface area (Å²) in [5, 5.41) is 0.341. The van der Waals surface area contributed by atoms with Crippen LogP contribution in [-0.4, -0.2) is 21.3 Å². The molecule has 0 heterocycles. The van der Waals surface area contributed by atoms with Gasteiger partial charge >= 0.3 is 0 Å². The van der Waals surface area contributed by atoms with Crippen molar-refractivity contribution < 1.29 is 14.2 Å². The molecule has 0 fully saturated rings. The molecule has 0 spiro atoms. The first-order valence-electron chi connectivity index (χ1n) is 4.14. The number of hydrogen-bond acceptors (Lipinski definition) is 3. The molecule has 0 aliphatic rings. The normalized spacial score (nSPS) is 9.27. The second-order valence-electron chi connectivity index (χ2n) is 2.65. The summed E-state index contributed by atoms with van der Waals surface area (Å²) in [4.78, 5) is 0. The molecule has 1 aromatic rings. The Kier molecular flexibility index (Phi) is 3.70. The molecule has 4 heteroatoms. The second kappa shape index (κ2) is 4.81. The zero-order valence-electron chi connectivity index (χ0n) is 8.76. The monoisotopic (exact) mass is 226 g/mol. The lowest BCUT2D eigenvalue weighted by atomic mass is 10.1. The van der Waals surface area contributed by atoms with Crippen LogP contribution in [0.4, 0.5) is 0 Å². The highest BCUT2D eigenvalue weighted by Crippen LogP contribution is 2.41. The van der Waals surface area contributed by atoms with E-state index in [2.05, 4.69) is 5.92 Å². The largest absolute Gasteiger partial charge is 0.495 e. The van der Waals surface area contributed by atoms with Gasteiger partial charge in [-0.05, 0) is 0 Å². The summed E-state index contributed by atoms with van der Waals surface area (Å²) in [6.07, 6.45) is 5.35. The maximum absolute atomic E-state index is 6.02. The van der Waals surface area contributed by atoms with Crippen molar-refractivity contribution >= 4 is 11.6 Å². The number of methoxy groups -OCH3 is 3. The third-order valence-corrected chi connectivity index (χ3v) is 2.30. The molecule has 1 rings (SSSR count). The molecule has 0 aromatic heterocycles. The molecule has 3 nitrogen and oxygen atoms in total. The van der Waals surface area contributed by atoms with Gasteiger partial charge in [0.05, 0.1) is 21.3 Å². The van der Waals surface area contributed by atoms with Crippen LogP contribution in [0.5, 0.6) is 17.2 Å². The van der Waals surface area contributed by atoms with E-state index in [4.69, 9.17) is 32.2 Å².